The van der Waals surface area contributed by atoms with Crippen LogP contribution in [0, 0.1) is 5.92 Å². The summed E-state index contributed by atoms with van der Waals surface area (Å²) in [5, 5.41) is 3.90. The minimum atomic E-state index is -2.95. The third-order valence-electron chi connectivity index (χ3n) is 3.89. The molecule has 5 nitrogen and oxygen atoms in total. The maximum Gasteiger partial charge on any atom is 0.150 e. The van der Waals surface area contributed by atoms with Crippen molar-refractivity contribution in [1.82, 2.24) is 9.78 Å². The predicted molar refractivity (Wildman–Crippen MR) is 70.7 cm³/mol. The summed E-state index contributed by atoms with van der Waals surface area (Å²) in [6.07, 6.45) is 8.40. The topological polar surface area (TPSA) is 78.0 Å². The van der Waals surface area contributed by atoms with E-state index in [1.165, 1.54) is 6.26 Å². The Hall–Kier alpha value is -0.880. The maximum atomic E-state index is 11.6. The van der Waals surface area contributed by atoms with Gasteiger partial charge in [-0.2, -0.15) is 5.10 Å². The molecule has 2 N–H and O–H groups in total. The van der Waals surface area contributed by atoms with Crippen LogP contribution in [-0.2, 0) is 16.9 Å². The number of nitrogens with two attached hydrogens (primary N) is 1. The van der Waals surface area contributed by atoms with E-state index in [4.69, 9.17) is 5.73 Å². The molecule has 102 valence electrons. The Morgan fingerprint density at radius 3 is 2.78 bits per heavy atom. The molecular weight excluding hydrogens is 250 g/mol. The molecule has 0 aliphatic heterocycles. The van der Waals surface area contributed by atoms with Crippen LogP contribution in [-0.4, -0.2) is 29.7 Å². The molecule has 0 bridgehead atoms. The van der Waals surface area contributed by atoms with Crippen molar-refractivity contribution in [3.05, 3.63) is 18.0 Å². The first kappa shape index (κ1) is 13.5. The monoisotopic (exact) mass is 271 g/mol. The summed E-state index contributed by atoms with van der Waals surface area (Å²) in [4.78, 5) is 0. The van der Waals surface area contributed by atoms with E-state index in [1.807, 2.05) is 13.2 Å². The van der Waals surface area contributed by atoms with Crippen molar-refractivity contribution in [3.63, 3.8) is 0 Å². The predicted octanol–water partition coefficient (Wildman–Crippen LogP) is 1.02. The van der Waals surface area contributed by atoms with Gasteiger partial charge in [-0.05, 0) is 25.2 Å². The average molecular weight is 271 g/mol. The van der Waals surface area contributed by atoms with Crippen molar-refractivity contribution < 1.29 is 8.42 Å². The number of hydrogen-bond acceptors (Lipinski definition) is 4. The van der Waals surface area contributed by atoms with Crippen LogP contribution in [0.1, 0.15) is 37.3 Å². The molecule has 1 saturated carbocycles. The molecule has 1 aliphatic rings. The summed E-state index contributed by atoms with van der Waals surface area (Å²) in [7, 11) is -1.09. The van der Waals surface area contributed by atoms with Crippen molar-refractivity contribution in [1.29, 1.82) is 0 Å². The van der Waals surface area contributed by atoms with Crippen molar-refractivity contribution in [3.8, 4) is 0 Å². The molecule has 1 aromatic rings. The van der Waals surface area contributed by atoms with E-state index in [9.17, 15) is 8.42 Å². The zero-order valence-corrected chi connectivity index (χ0v) is 11.7. The van der Waals surface area contributed by atoms with Gasteiger partial charge < -0.3 is 5.73 Å². The van der Waals surface area contributed by atoms with Gasteiger partial charge in [0.15, 0.2) is 0 Å². The van der Waals surface area contributed by atoms with E-state index in [1.54, 1.807) is 10.9 Å². The zero-order chi connectivity index (χ0) is 13.3. The lowest BCUT2D eigenvalue weighted by atomic mass is 9.82. The van der Waals surface area contributed by atoms with Gasteiger partial charge in [-0.25, -0.2) is 8.42 Å². The number of sulfone groups is 1. The summed E-state index contributed by atoms with van der Waals surface area (Å²) in [6.45, 7) is 0. The lowest BCUT2D eigenvalue weighted by Crippen LogP contribution is -2.32. The molecule has 2 rings (SSSR count). The fourth-order valence-electron chi connectivity index (χ4n) is 2.78. The molecule has 3 unspecified atom stereocenters. The molecule has 1 heterocycles. The Labute approximate surface area is 108 Å². The molecule has 1 aromatic heterocycles. The molecule has 1 aliphatic carbocycles. The largest absolute Gasteiger partial charge is 0.324 e. The number of rotatable bonds is 3. The van der Waals surface area contributed by atoms with Gasteiger partial charge in [-0.15, -0.1) is 0 Å². The van der Waals surface area contributed by atoms with E-state index < -0.39 is 9.84 Å². The summed E-state index contributed by atoms with van der Waals surface area (Å²) in [5.74, 6) is 0.239. The molecule has 0 amide bonds. The van der Waals surface area contributed by atoms with Crippen molar-refractivity contribution in [2.24, 2.45) is 18.7 Å². The van der Waals surface area contributed by atoms with Crippen LogP contribution in [0.3, 0.4) is 0 Å². The van der Waals surface area contributed by atoms with Crippen LogP contribution in [0.4, 0.5) is 0 Å². The molecule has 0 aromatic carbocycles. The lowest BCUT2D eigenvalue weighted by Gasteiger charge is -2.31. The molecule has 0 radical (unpaired) electrons. The molecule has 18 heavy (non-hydrogen) atoms. The van der Waals surface area contributed by atoms with Gasteiger partial charge in [0, 0.05) is 31.1 Å². The maximum absolute atomic E-state index is 11.6. The quantitative estimate of drug-likeness (QED) is 0.890. The Morgan fingerprint density at radius 2 is 2.22 bits per heavy atom. The fraction of sp³-hybridized carbons (Fsp3) is 0.750. The standard InChI is InChI=1S/C12H21N3O2S/c1-15-8-10(7-14-15)12(13)9-4-3-5-11(6-9)18(2,16)17/h7-9,11-12H,3-6,13H2,1-2H3. The van der Waals surface area contributed by atoms with Gasteiger partial charge in [0.05, 0.1) is 11.4 Å². The van der Waals surface area contributed by atoms with Crippen LogP contribution in [0.5, 0.6) is 0 Å². The van der Waals surface area contributed by atoms with Gasteiger partial charge in [0.25, 0.3) is 0 Å². The van der Waals surface area contributed by atoms with Gasteiger partial charge in [0.2, 0.25) is 0 Å². The van der Waals surface area contributed by atoms with Crippen LogP contribution in [0.15, 0.2) is 12.4 Å². The Morgan fingerprint density at radius 1 is 1.50 bits per heavy atom. The number of aromatic nitrogens is 2. The van der Waals surface area contributed by atoms with Crippen molar-refractivity contribution in [2.75, 3.05) is 6.26 Å². The second-order valence-corrected chi connectivity index (χ2v) is 7.68. The number of aryl methyl sites for hydroxylation is 1. The van der Waals surface area contributed by atoms with Gasteiger partial charge in [-0.1, -0.05) is 6.42 Å². The number of nitrogens with zero attached hydrogens (tertiary/aromatic N) is 2. The normalized spacial score (nSPS) is 27.1. The first-order valence-corrected chi connectivity index (χ1v) is 8.26. The van der Waals surface area contributed by atoms with E-state index in [2.05, 4.69) is 5.10 Å². The summed E-state index contributed by atoms with van der Waals surface area (Å²) in [5.41, 5.74) is 7.24. The fourth-order valence-corrected chi connectivity index (χ4v) is 3.97. The van der Waals surface area contributed by atoms with E-state index in [0.717, 1.165) is 24.8 Å². The molecule has 0 saturated heterocycles. The second kappa shape index (κ2) is 5.01. The summed E-state index contributed by atoms with van der Waals surface area (Å²) in [6, 6.07) is -0.108. The van der Waals surface area contributed by atoms with Gasteiger partial charge in [0.1, 0.15) is 9.84 Å². The highest BCUT2D eigenvalue weighted by molar-refractivity contribution is 7.91. The van der Waals surface area contributed by atoms with Crippen molar-refractivity contribution >= 4 is 9.84 Å². The van der Waals surface area contributed by atoms with E-state index in [-0.39, 0.29) is 17.2 Å². The lowest BCUT2D eigenvalue weighted by molar-refractivity contribution is 0.309. The Kier molecular flexibility index (Phi) is 3.77. The van der Waals surface area contributed by atoms with Crippen LogP contribution in [0.2, 0.25) is 0 Å². The van der Waals surface area contributed by atoms with Crippen LogP contribution in [0.25, 0.3) is 0 Å². The smallest absolute Gasteiger partial charge is 0.150 e. The number of hydrogen-bond donors (Lipinski definition) is 1. The van der Waals surface area contributed by atoms with E-state index in [0.29, 0.717) is 6.42 Å². The van der Waals surface area contributed by atoms with Gasteiger partial charge >= 0.3 is 0 Å². The third kappa shape index (κ3) is 2.92. The Balaban J connectivity index is 2.09. The molecule has 1 fully saturated rings. The SMILES string of the molecule is Cn1cc(C(N)C2CCCC(S(C)(=O)=O)C2)cn1. The average Bonchev–Trinajstić information content (AvgIpc) is 2.74. The Bertz CT molecular complexity index is 509. The first-order valence-electron chi connectivity index (χ1n) is 6.31. The minimum absolute atomic E-state index is 0.108. The first-order chi connectivity index (χ1) is 8.38. The zero-order valence-electron chi connectivity index (χ0n) is 10.9. The highest BCUT2D eigenvalue weighted by atomic mass is 32.2. The van der Waals surface area contributed by atoms with Crippen LogP contribution < -0.4 is 5.73 Å². The summed E-state index contributed by atoms with van der Waals surface area (Å²) >= 11 is 0. The molecule has 0 spiro atoms. The summed E-state index contributed by atoms with van der Waals surface area (Å²) < 4.78 is 25.0. The van der Waals surface area contributed by atoms with Crippen LogP contribution >= 0.6 is 0 Å². The highest BCUT2D eigenvalue weighted by Crippen LogP contribution is 2.35. The molecule has 6 heteroatoms. The third-order valence-corrected chi connectivity index (χ3v) is 5.53. The molecular formula is C12H21N3O2S. The van der Waals surface area contributed by atoms with Gasteiger partial charge in [-0.3, -0.25) is 4.68 Å². The minimum Gasteiger partial charge on any atom is -0.324 e. The second-order valence-electron chi connectivity index (χ2n) is 5.35. The van der Waals surface area contributed by atoms with E-state index >= 15 is 0 Å². The highest BCUT2D eigenvalue weighted by Gasteiger charge is 2.32. The van der Waals surface area contributed by atoms with Crippen molar-refractivity contribution in [2.45, 2.75) is 37.0 Å². The molecule has 3 atom stereocenters.